The van der Waals surface area contributed by atoms with Crippen molar-refractivity contribution in [2.75, 3.05) is 25.0 Å². The summed E-state index contributed by atoms with van der Waals surface area (Å²) in [5.74, 6) is 0.481. The molecular formula is C19H23BrN4O2. The van der Waals surface area contributed by atoms with E-state index in [1.807, 2.05) is 26.0 Å². The van der Waals surface area contributed by atoms with Gasteiger partial charge in [0.05, 0.1) is 12.5 Å². The third-order valence-corrected chi connectivity index (χ3v) is 5.14. The molecule has 26 heavy (non-hydrogen) atoms. The van der Waals surface area contributed by atoms with Gasteiger partial charge in [-0.15, -0.1) is 0 Å². The minimum absolute atomic E-state index is 0.0364. The number of aromatic nitrogens is 2. The van der Waals surface area contributed by atoms with Crippen molar-refractivity contribution in [2.45, 2.75) is 26.7 Å². The minimum Gasteiger partial charge on any atom is -0.362 e. The molecule has 1 aliphatic heterocycles. The van der Waals surface area contributed by atoms with E-state index in [4.69, 9.17) is 0 Å². The number of aryl methyl sites for hydroxylation is 2. The number of ketones is 1. The van der Waals surface area contributed by atoms with Crippen LogP contribution in [-0.2, 0) is 4.79 Å². The number of pyridine rings is 1. The van der Waals surface area contributed by atoms with E-state index in [0.29, 0.717) is 18.9 Å². The van der Waals surface area contributed by atoms with Crippen LogP contribution < -0.4 is 5.32 Å². The SMILES string of the molecule is Cc1cc(C(=O)CN2CCCC(C(=O)Nc3ccc(Br)cn3)C2)c(C)[nH]1. The van der Waals surface area contributed by atoms with E-state index >= 15 is 0 Å². The van der Waals surface area contributed by atoms with Gasteiger partial charge in [0.1, 0.15) is 5.82 Å². The molecule has 2 aromatic rings. The molecule has 0 saturated carbocycles. The van der Waals surface area contributed by atoms with Crippen LogP contribution in [0.1, 0.15) is 34.6 Å². The summed E-state index contributed by atoms with van der Waals surface area (Å²) < 4.78 is 0.869. The fourth-order valence-electron chi connectivity index (χ4n) is 3.39. The van der Waals surface area contributed by atoms with Crippen molar-refractivity contribution in [1.82, 2.24) is 14.9 Å². The average molecular weight is 419 g/mol. The fourth-order valence-corrected chi connectivity index (χ4v) is 3.63. The van der Waals surface area contributed by atoms with Gasteiger partial charge in [0.15, 0.2) is 5.78 Å². The number of anilines is 1. The summed E-state index contributed by atoms with van der Waals surface area (Å²) in [7, 11) is 0. The van der Waals surface area contributed by atoms with Gasteiger partial charge in [0.2, 0.25) is 5.91 Å². The quantitative estimate of drug-likeness (QED) is 0.729. The Kier molecular flexibility index (Phi) is 5.88. The molecule has 2 aromatic heterocycles. The number of likely N-dealkylation sites (tertiary alicyclic amines) is 1. The van der Waals surface area contributed by atoms with E-state index in [1.54, 1.807) is 12.3 Å². The lowest BCUT2D eigenvalue weighted by atomic mass is 9.96. The monoisotopic (exact) mass is 418 g/mol. The lowest BCUT2D eigenvalue weighted by Gasteiger charge is -2.31. The first-order chi connectivity index (χ1) is 12.4. The minimum atomic E-state index is -0.129. The molecule has 138 valence electrons. The molecule has 1 aliphatic rings. The number of nitrogens with zero attached hydrogens (tertiary/aromatic N) is 2. The summed E-state index contributed by atoms with van der Waals surface area (Å²) in [5, 5.41) is 2.87. The van der Waals surface area contributed by atoms with Gasteiger partial charge in [-0.2, -0.15) is 0 Å². The van der Waals surface area contributed by atoms with E-state index < -0.39 is 0 Å². The number of hydrogen-bond donors (Lipinski definition) is 2. The van der Waals surface area contributed by atoms with Gasteiger partial charge in [0.25, 0.3) is 0 Å². The van der Waals surface area contributed by atoms with Crippen LogP contribution in [0.3, 0.4) is 0 Å². The maximum absolute atomic E-state index is 12.6. The molecule has 2 N–H and O–H groups in total. The van der Waals surface area contributed by atoms with Crippen LogP contribution in [0.5, 0.6) is 0 Å². The second-order valence-corrected chi connectivity index (χ2v) is 7.76. The normalized spacial score (nSPS) is 17.9. The van der Waals surface area contributed by atoms with Crippen LogP contribution in [-0.4, -0.2) is 46.2 Å². The summed E-state index contributed by atoms with van der Waals surface area (Å²) >= 11 is 3.33. The smallest absolute Gasteiger partial charge is 0.229 e. The van der Waals surface area contributed by atoms with Crippen LogP contribution in [0.15, 0.2) is 28.9 Å². The van der Waals surface area contributed by atoms with Crippen molar-refractivity contribution in [2.24, 2.45) is 5.92 Å². The van der Waals surface area contributed by atoms with E-state index in [2.05, 4.69) is 36.1 Å². The maximum atomic E-state index is 12.6. The molecule has 0 bridgehead atoms. The van der Waals surface area contributed by atoms with Gasteiger partial charge < -0.3 is 10.3 Å². The number of hydrogen-bond acceptors (Lipinski definition) is 4. The highest BCUT2D eigenvalue weighted by Crippen LogP contribution is 2.20. The molecule has 0 spiro atoms. The molecule has 1 saturated heterocycles. The molecule has 7 heteroatoms. The highest BCUT2D eigenvalue weighted by Gasteiger charge is 2.27. The summed E-state index contributed by atoms with van der Waals surface area (Å²) in [6.07, 6.45) is 3.39. The Hall–Kier alpha value is -1.99. The molecule has 1 amide bonds. The molecule has 0 aromatic carbocycles. The van der Waals surface area contributed by atoms with Crippen LogP contribution in [0, 0.1) is 19.8 Å². The molecular weight excluding hydrogens is 396 g/mol. The summed E-state index contributed by atoms with van der Waals surface area (Å²) in [5.41, 5.74) is 2.64. The molecule has 0 radical (unpaired) electrons. The first-order valence-corrected chi connectivity index (χ1v) is 9.56. The predicted molar refractivity (Wildman–Crippen MR) is 104 cm³/mol. The van der Waals surface area contributed by atoms with Crippen LogP contribution >= 0.6 is 15.9 Å². The van der Waals surface area contributed by atoms with Gasteiger partial charge in [-0.3, -0.25) is 14.5 Å². The zero-order chi connectivity index (χ0) is 18.7. The van der Waals surface area contributed by atoms with Gasteiger partial charge in [-0.05, 0) is 67.4 Å². The molecule has 0 aliphatic carbocycles. The standard InChI is InChI=1S/C19H23BrN4O2/c1-12-8-16(13(2)22-12)17(25)11-24-7-3-4-14(10-24)19(26)23-18-6-5-15(20)9-21-18/h5-6,8-9,14,22H,3-4,7,10-11H2,1-2H3,(H,21,23,26). The van der Waals surface area contributed by atoms with Crippen molar-refractivity contribution in [3.8, 4) is 0 Å². The summed E-state index contributed by atoms with van der Waals surface area (Å²) in [4.78, 5) is 34.5. The van der Waals surface area contributed by atoms with Gasteiger partial charge in [-0.25, -0.2) is 4.98 Å². The lowest BCUT2D eigenvalue weighted by molar-refractivity contribution is -0.121. The highest BCUT2D eigenvalue weighted by atomic mass is 79.9. The van der Waals surface area contributed by atoms with Crippen molar-refractivity contribution < 1.29 is 9.59 Å². The van der Waals surface area contributed by atoms with Crippen molar-refractivity contribution in [3.05, 3.63) is 45.8 Å². The van der Waals surface area contributed by atoms with Crippen LogP contribution in [0.2, 0.25) is 0 Å². The summed E-state index contributed by atoms with van der Waals surface area (Å²) in [6.45, 7) is 5.64. The molecule has 3 rings (SSSR count). The number of H-pyrrole nitrogens is 1. The average Bonchev–Trinajstić information content (AvgIpc) is 2.95. The zero-order valence-corrected chi connectivity index (χ0v) is 16.6. The Morgan fingerprint density at radius 1 is 1.38 bits per heavy atom. The van der Waals surface area contributed by atoms with E-state index in [1.165, 1.54) is 0 Å². The second-order valence-electron chi connectivity index (χ2n) is 6.84. The van der Waals surface area contributed by atoms with Gasteiger partial charge >= 0.3 is 0 Å². The Morgan fingerprint density at radius 2 is 2.19 bits per heavy atom. The van der Waals surface area contributed by atoms with E-state index in [-0.39, 0.29) is 17.6 Å². The fraction of sp³-hybridized carbons (Fsp3) is 0.421. The number of halogens is 1. The Bertz CT molecular complexity index is 800. The van der Waals surface area contributed by atoms with Crippen molar-refractivity contribution >= 4 is 33.4 Å². The number of carbonyl (C=O) groups is 2. The molecule has 1 unspecified atom stereocenters. The molecule has 3 heterocycles. The van der Waals surface area contributed by atoms with Crippen LogP contribution in [0.4, 0.5) is 5.82 Å². The molecule has 6 nitrogen and oxygen atoms in total. The molecule has 1 fully saturated rings. The third kappa shape index (κ3) is 4.59. The van der Waals surface area contributed by atoms with E-state index in [0.717, 1.165) is 40.8 Å². The number of piperidine rings is 1. The predicted octanol–water partition coefficient (Wildman–Crippen LogP) is 3.32. The maximum Gasteiger partial charge on any atom is 0.229 e. The number of carbonyl (C=O) groups excluding carboxylic acids is 2. The second kappa shape index (κ2) is 8.14. The number of rotatable bonds is 5. The van der Waals surface area contributed by atoms with Gasteiger partial charge in [0, 0.05) is 34.2 Å². The Morgan fingerprint density at radius 3 is 2.85 bits per heavy atom. The van der Waals surface area contributed by atoms with Gasteiger partial charge in [-0.1, -0.05) is 0 Å². The first-order valence-electron chi connectivity index (χ1n) is 8.76. The first kappa shape index (κ1) is 18.8. The Labute approximate surface area is 161 Å². The number of amides is 1. The topological polar surface area (TPSA) is 78.1 Å². The zero-order valence-electron chi connectivity index (χ0n) is 15.0. The lowest BCUT2D eigenvalue weighted by Crippen LogP contribution is -2.43. The number of nitrogens with one attached hydrogen (secondary N) is 2. The largest absolute Gasteiger partial charge is 0.362 e. The number of Topliss-reactive ketones (excluding diaryl/α,β-unsaturated/α-hetero) is 1. The third-order valence-electron chi connectivity index (χ3n) is 4.67. The van der Waals surface area contributed by atoms with Crippen molar-refractivity contribution in [1.29, 1.82) is 0 Å². The highest BCUT2D eigenvalue weighted by molar-refractivity contribution is 9.10. The van der Waals surface area contributed by atoms with E-state index in [9.17, 15) is 9.59 Å². The van der Waals surface area contributed by atoms with Crippen molar-refractivity contribution in [3.63, 3.8) is 0 Å². The number of aromatic amines is 1. The Balaban J connectivity index is 1.58. The molecule has 1 atom stereocenters. The van der Waals surface area contributed by atoms with Crippen LogP contribution in [0.25, 0.3) is 0 Å². The summed E-state index contributed by atoms with van der Waals surface area (Å²) in [6, 6.07) is 5.50.